The molecule has 0 aliphatic rings. The molecular weight excluding hydrogens is 256 g/mol. The van der Waals surface area contributed by atoms with E-state index >= 15 is 0 Å². The molecule has 0 aromatic heterocycles. The number of carbonyl (C=O) groups is 1. The average Bonchev–Trinajstić information content (AvgIpc) is 2.36. The van der Waals surface area contributed by atoms with Gasteiger partial charge in [0.25, 0.3) is 5.91 Å². The van der Waals surface area contributed by atoms with Crippen molar-refractivity contribution in [2.45, 2.75) is 19.9 Å². The Hall–Kier alpha value is -1.75. The molecule has 0 aliphatic heterocycles. The maximum atomic E-state index is 12.2. The molecule has 20 heavy (non-hydrogen) atoms. The topological polar surface area (TPSA) is 61.8 Å². The van der Waals surface area contributed by atoms with Gasteiger partial charge in [-0.3, -0.25) is 4.79 Å². The van der Waals surface area contributed by atoms with Crippen LogP contribution in [-0.4, -0.2) is 49.7 Å². The summed E-state index contributed by atoms with van der Waals surface area (Å²) in [5.74, 6) is 0.481. The summed E-state index contributed by atoms with van der Waals surface area (Å²) >= 11 is 0. The zero-order valence-electron chi connectivity index (χ0n) is 12.8. The SMILES string of the molecule is COc1ccc(C(=O)NC(CN(C)C)C(C)C)c(O)c1. The highest BCUT2D eigenvalue weighted by molar-refractivity contribution is 5.97. The molecule has 1 amide bonds. The molecule has 112 valence electrons. The van der Waals surface area contributed by atoms with Gasteiger partial charge in [0.15, 0.2) is 0 Å². The van der Waals surface area contributed by atoms with Crippen LogP contribution in [0.3, 0.4) is 0 Å². The van der Waals surface area contributed by atoms with Crippen molar-refractivity contribution in [3.63, 3.8) is 0 Å². The van der Waals surface area contributed by atoms with Crippen molar-refractivity contribution in [2.24, 2.45) is 5.92 Å². The van der Waals surface area contributed by atoms with Gasteiger partial charge in [-0.2, -0.15) is 0 Å². The minimum absolute atomic E-state index is 0.0269. The van der Waals surface area contributed by atoms with Gasteiger partial charge in [0.05, 0.1) is 12.7 Å². The van der Waals surface area contributed by atoms with Crippen molar-refractivity contribution < 1.29 is 14.6 Å². The average molecular weight is 280 g/mol. The molecule has 5 heteroatoms. The maximum Gasteiger partial charge on any atom is 0.255 e. The highest BCUT2D eigenvalue weighted by Crippen LogP contribution is 2.23. The van der Waals surface area contributed by atoms with Crippen molar-refractivity contribution >= 4 is 5.91 Å². The summed E-state index contributed by atoms with van der Waals surface area (Å²) in [6.45, 7) is 4.87. The Morgan fingerprint density at radius 1 is 1.40 bits per heavy atom. The first-order chi connectivity index (χ1) is 9.35. The first-order valence-electron chi connectivity index (χ1n) is 6.67. The summed E-state index contributed by atoms with van der Waals surface area (Å²) < 4.78 is 5.00. The number of nitrogens with zero attached hydrogens (tertiary/aromatic N) is 1. The maximum absolute atomic E-state index is 12.2. The molecule has 2 N–H and O–H groups in total. The van der Waals surface area contributed by atoms with E-state index in [1.807, 2.05) is 19.0 Å². The predicted octanol–water partition coefficient (Wildman–Crippen LogP) is 1.72. The van der Waals surface area contributed by atoms with Gasteiger partial charge in [0.2, 0.25) is 0 Å². The zero-order valence-corrected chi connectivity index (χ0v) is 12.8. The second-order valence-corrected chi connectivity index (χ2v) is 5.47. The lowest BCUT2D eigenvalue weighted by atomic mass is 10.0. The van der Waals surface area contributed by atoms with Crippen LogP contribution in [0.5, 0.6) is 11.5 Å². The van der Waals surface area contributed by atoms with E-state index in [2.05, 4.69) is 19.2 Å². The lowest BCUT2D eigenvalue weighted by Gasteiger charge is -2.25. The monoisotopic (exact) mass is 280 g/mol. The van der Waals surface area contributed by atoms with E-state index in [0.29, 0.717) is 11.7 Å². The molecule has 0 saturated carbocycles. The molecule has 0 radical (unpaired) electrons. The van der Waals surface area contributed by atoms with E-state index in [9.17, 15) is 9.90 Å². The number of phenols is 1. The van der Waals surface area contributed by atoms with Gasteiger partial charge in [0, 0.05) is 18.7 Å². The number of nitrogens with one attached hydrogen (secondary N) is 1. The molecule has 0 spiro atoms. The molecule has 1 atom stereocenters. The molecule has 1 aromatic carbocycles. The summed E-state index contributed by atoms with van der Waals surface area (Å²) in [6, 6.07) is 4.69. The van der Waals surface area contributed by atoms with E-state index < -0.39 is 0 Å². The molecule has 0 saturated heterocycles. The highest BCUT2D eigenvalue weighted by atomic mass is 16.5. The van der Waals surface area contributed by atoms with Crippen molar-refractivity contribution in [1.82, 2.24) is 10.2 Å². The van der Waals surface area contributed by atoms with Gasteiger partial charge in [-0.15, -0.1) is 0 Å². The van der Waals surface area contributed by atoms with Crippen molar-refractivity contribution in [3.8, 4) is 11.5 Å². The second kappa shape index (κ2) is 7.14. The third-order valence-electron chi connectivity index (χ3n) is 3.13. The van der Waals surface area contributed by atoms with Gasteiger partial charge < -0.3 is 20.1 Å². The lowest BCUT2D eigenvalue weighted by molar-refractivity contribution is 0.0914. The third-order valence-corrected chi connectivity index (χ3v) is 3.13. The molecule has 0 bridgehead atoms. The summed E-state index contributed by atoms with van der Waals surface area (Å²) in [5, 5.41) is 12.8. The summed E-state index contributed by atoms with van der Waals surface area (Å²) in [4.78, 5) is 14.3. The quantitative estimate of drug-likeness (QED) is 0.833. The Morgan fingerprint density at radius 2 is 2.05 bits per heavy atom. The molecule has 0 aliphatic carbocycles. The summed E-state index contributed by atoms with van der Waals surface area (Å²) in [5.41, 5.74) is 0.259. The van der Waals surface area contributed by atoms with Crippen LogP contribution in [0.4, 0.5) is 0 Å². The highest BCUT2D eigenvalue weighted by Gasteiger charge is 2.19. The summed E-state index contributed by atoms with van der Waals surface area (Å²) in [7, 11) is 5.44. The van der Waals surface area contributed by atoms with Crippen molar-refractivity contribution in [2.75, 3.05) is 27.7 Å². The molecule has 1 rings (SSSR count). The van der Waals surface area contributed by atoms with Gasteiger partial charge >= 0.3 is 0 Å². The number of phenolic OH excluding ortho intramolecular Hbond substituents is 1. The molecular formula is C15H24N2O3. The molecule has 1 unspecified atom stereocenters. The van der Waals surface area contributed by atoms with Crippen molar-refractivity contribution in [1.29, 1.82) is 0 Å². The standard InChI is InChI=1S/C15H24N2O3/c1-10(2)13(9-17(3)4)16-15(19)12-7-6-11(20-5)8-14(12)18/h6-8,10,13,18H,9H2,1-5H3,(H,16,19). The van der Waals surface area contributed by atoms with Crippen LogP contribution >= 0.6 is 0 Å². The number of hydrogen-bond donors (Lipinski definition) is 2. The number of aromatic hydroxyl groups is 1. The molecule has 0 fully saturated rings. The smallest absolute Gasteiger partial charge is 0.255 e. The normalized spacial score (nSPS) is 12.6. The van der Waals surface area contributed by atoms with Crippen LogP contribution in [0, 0.1) is 5.92 Å². The molecule has 0 heterocycles. The van der Waals surface area contributed by atoms with Crippen LogP contribution in [0.1, 0.15) is 24.2 Å². The van der Waals surface area contributed by atoms with Crippen LogP contribution in [0.15, 0.2) is 18.2 Å². The fraction of sp³-hybridized carbons (Fsp3) is 0.533. The Morgan fingerprint density at radius 3 is 2.50 bits per heavy atom. The third kappa shape index (κ3) is 4.42. The fourth-order valence-electron chi connectivity index (χ4n) is 1.89. The first-order valence-corrected chi connectivity index (χ1v) is 6.67. The number of hydrogen-bond acceptors (Lipinski definition) is 4. The van der Waals surface area contributed by atoms with E-state index in [0.717, 1.165) is 6.54 Å². The Labute approximate surface area is 120 Å². The van der Waals surface area contributed by atoms with E-state index in [-0.39, 0.29) is 23.3 Å². The van der Waals surface area contributed by atoms with Crippen LogP contribution in [0.2, 0.25) is 0 Å². The van der Waals surface area contributed by atoms with Crippen molar-refractivity contribution in [3.05, 3.63) is 23.8 Å². The number of ether oxygens (including phenoxy) is 1. The number of carbonyl (C=O) groups excluding carboxylic acids is 1. The molecule has 5 nitrogen and oxygen atoms in total. The van der Waals surface area contributed by atoms with Crippen LogP contribution < -0.4 is 10.1 Å². The number of methoxy groups -OCH3 is 1. The van der Waals surface area contributed by atoms with Gasteiger partial charge in [-0.1, -0.05) is 13.8 Å². The molecule has 1 aromatic rings. The second-order valence-electron chi connectivity index (χ2n) is 5.47. The van der Waals surface area contributed by atoms with E-state index in [1.165, 1.54) is 13.2 Å². The Kier molecular flexibility index (Phi) is 5.82. The Balaban J connectivity index is 2.83. The minimum Gasteiger partial charge on any atom is -0.507 e. The van der Waals surface area contributed by atoms with E-state index in [4.69, 9.17) is 4.74 Å². The fourth-order valence-corrected chi connectivity index (χ4v) is 1.89. The zero-order chi connectivity index (χ0) is 15.3. The number of benzene rings is 1. The minimum atomic E-state index is -0.272. The lowest BCUT2D eigenvalue weighted by Crippen LogP contribution is -2.45. The van der Waals surface area contributed by atoms with Gasteiger partial charge in [-0.25, -0.2) is 0 Å². The van der Waals surface area contributed by atoms with Crippen LogP contribution in [0.25, 0.3) is 0 Å². The Bertz CT molecular complexity index is 458. The van der Waals surface area contributed by atoms with Gasteiger partial charge in [0.1, 0.15) is 11.5 Å². The largest absolute Gasteiger partial charge is 0.507 e. The van der Waals surface area contributed by atoms with E-state index in [1.54, 1.807) is 12.1 Å². The summed E-state index contributed by atoms with van der Waals surface area (Å²) in [6.07, 6.45) is 0. The number of rotatable bonds is 6. The number of amides is 1. The van der Waals surface area contributed by atoms with Crippen LogP contribution in [-0.2, 0) is 0 Å². The predicted molar refractivity (Wildman–Crippen MR) is 79.3 cm³/mol. The number of likely N-dealkylation sites (N-methyl/N-ethyl adjacent to an activating group) is 1. The first kappa shape index (κ1) is 16.3. The van der Waals surface area contributed by atoms with Gasteiger partial charge in [-0.05, 0) is 32.1 Å².